The van der Waals surface area contributed by atoms with Gasteiger partial charge in [0, 0.05) is 28.6 Å². The van der Waals surface area contributed by atoms with E-state index >= 15 is 0 Å². The van der Waals surface area contributed by atoms with Crippen molar-refractivity contribution in [3.8, 4) is 33.8 Å². The van der Waals surface area contributed by atoms with Gasteiger partial charge in [0.1, 0.15) is 11.6 Å². The van der Waals surface area contributed by atoms with E-state index in [2.05, 4.69) is 57.2 Å². The molecule has 2 aromatic heterocycles. The van der Waals surface area contributed by atoms with Crippen LogP contribution in [0.2, 0.25) is 0 Å². The number of aromatic nitrogens is 2. The third kappa shape index (κ3) is 4.07. The number of benzene rings is 4. The molecular formula is C34H30N2O. The first-order valence-electron chi connectivity index (χ1n) is 13.5. The lowest BCUT2D eigenvalue weighted by Gasteiger charge is -2.19. The Balaban J connectivity index is 1.57. The number of hydrogen-bond donors (Lipinski definition) is 1. The van der Waals surface area contributed by atoms with Gasteiger partial charge in [-0.3, -0.25) is 4.57 Å². The zero-order chi connectivity index (χ0) is 27.5. The Kier molecular flexibility index (Phi) is 4.85. The van der Waals surface area contributed by atoms with Crippen molar-refractivity contribution in [1.82, 2.24) is 9.55 Å². The minimum Gasteiger partial charge on any atom is -0.508 e. The minimum absolute atomic E-state index is 0.0303. The zero-order valence-corrected chi connectivity index (χ0v) is 21.5. The first kappa shape index (κ1) is 20.8. The largest absolute Gasteiger partial charge is 0.508 e. The quantitative estimate of drug-likeness (QED) is 0.272. The van der Waals surface area contributed by atoms with Gasteiger partial charge >= 0.3 is 0 Å². The van der Waals surface area contributed by atoms with Gasteiger partial charge in [0.2, 0.25) is 0 Å². The molecule has 0 fully saturated rings. The van der Waals surface area contributed by atoms with Crippen molar-refractivity contribution in [2.75, 3.05) is 0 Å². The smallest absolute Gasteiger partial charge is 0.137 e. The van der Waals surface area contributed by atoms with Crippen LogP contribution >= 0.6 is 0 Å². The van der Waals surface area contributed by atoms with Crippen LogP contribution in [0.15, 0.2) is 103 Å². The number of fused-ring (bicyclic) bond motifs is 3. The number of phenols is 1. The summed E-state index contributed by atoms with van der Waals surface area (Å²) < 4.78 is 20.0. The highest BCUT2D eigenvalue weighted by Crippen LogP contribution is 2.37. The van der Waals surface area contributed by atoms with E-state index in [1.807, 2.05) is 54.0 Å². The van der Waals surface area contributed by atoms with E-state index in [4.69, 9.17) is 7.73 Å². The highest BCUT2D eigenvalue weighted by Gasteiger charge is 2.17. The van der Waals surface area contributed by atoms with Crippen molar-refractivity contribution >= 4 is 21.8 Å². The van der Waals surface area contributed by atoms with Crippen molar-refractivity contribution < 1.29 is 7.85 Å². The Labute approximate surface area is 220 Å². The molecule has 0 unspecified atom stereocenters. The SMILES string of the molecule is [2H]c1nc(-n2c3ccc(-c4ccccc4)cc3c3ccc(O)cc32)c([2H])c(C)c1-c1ccc(C(C)(C)C)cc1. The van der Waals surface area contributed by atoms with E-state index in [-0.39, 0.29) is 23.4 Å². The summed E-state index contributed by atoms with van der Waals surface area (Å²) in [5.74, 6) is 0.519. The van der Waals surface area contributed by atoms with Gasteiger partial charge in [-0.25, -0.2) is 4.98 Å². The highest BCUT2D eigenvalue weighted by atomic mass is 16.3. The van der Waals surface area contributed by atoms with E-state index in [0.717, 1.165) is 38.5 Å². The van der Waals surface area contributed by atoms with Crippen LogP contribution in [0.3, 0.4) is 0 Å². The fourth-order valence-electron chi connectivity index (χ4n) is 5.02. The monoisotopic (exact) mass is 484 g/mol. The van der Waals surface area contributed by atoms with Crippen LogP contribution < -0.4 is 0 Å². The molecule has 37 heavy (non-hydrogen) atoms. The van der Waals surface area contributed by atoms with Crippen LogP contribution in [0.5, 0.6) is 5.75 Å². The number of aromatic hydroxyl groups is 1. The number of rotatable bonds is 3. The van der Waals surface area contributed by atoms with Gasteiger partial charge in [-0.2, -0.15) is 0 Å². The Morgan fingerprint density at radius 2 is 1.49 bits per heavy atom. The Morgan fingerprint density at radius 3 is 2.22 bits per heavy atom. The topological polar surface area (TPSA) is 38.0 Å². The second-order valence-electron chi connectivity index (χ2n) is 10.6. The van der Waals surface area contributed by atoms with Crippen LogP contribution in [0.4, 0.5) is 0 Å². The lowest BCUT2D eigenvalue weighted by Crippen LogP contribution is -2.10. The summed E-state index contributed by atoms with van der Waals surface area (Å²) >= 11 is 0. The summed E-state index contributed by atoms with van der Waals surface area (Å²) in [5, 5.41) is 12.3. The van der Waals surface area contributed by atoms with Crippen LogP contribution in [-0.2, 0) is 5.41 Å². The maximum absolute atomic E-state index is 10.4. The average molecular weight is 485 g/mol. The number of hydrogen-bond acceptors (Lipinski definition) is 2. The van der Waals surface area contributed by atoms with E-state index in [9.17, 15) is 5.11 Å². The lowest BCUT2D eigenvalue weighted by atomic mass is 9.86. The maximum atomic E-state index is 10.4. The van der Waals surface area contributed by atoms with Gasteiger partial charge in [0.15, 0.2) is 0 Å². The summed E-state index contributed by atoms with van der Waals surface area (Å²) in [6.07, 6.45) is 0.123. The predicted molar refractivity (Wildman–Crippen MR) is 155 cm³/mol. The van der Waals surface area contributed by atoms with Crippen LogP contribution in [0, 0.1) is 6.92 Å². The first-order valence-corrected chi connectivity index (χ1v) is 12.5. The molecule has 0 saturated carbocycles. The van der Waals surface area contributed by atoms with Gasteiger partial charge in [-0.05, 0) is 70.5 Å². The van der Waals surface area contributed by atoms with E-state index in [0.29, 0.717) is 16.9 Å². The Morgan fingerprint density at radius 1 is 0.757 bits per heavy atom. The molecule has 3 nitrogen and oxygen atoms in total. The molecule has 0 aliphatic rings. The van der Waals surface area contributed by atoms with E-state index in [1.54, 1.807) is 12.1 Å². The van der Waals surface area contributed by atoms with Crippen LogP contribution in [0.25, 0.3) is 49.9 Å². The maximum Gasteiger partial charge on any atom is 0.137 e. The molecule has 4 aromatic carbocycles. The van der Waals surface area contributed by atoms with E-state index in [1.165, 1.54) is 5.56 Å². The molecule has 0 bridgehead atoms. The van der Waals surface area contributed by atoms with Gasteiger partial charge in [-0.1, -0.05) is 81.4 Å². The third-order valence-electron chi connectivity index (χ3n) is 7.06. The average Bonchev–Trinajstić information content (AvgIpc) is 3.23. The van der Waals surface area contributed by atoms with Crippen molar-refractivity contribution in [2.24, 2.45) is 0 Å². The molecule has 0 radical (unpaired) electrons. The lowest BCUT2D eigenvalue weighted by molar-refractivity contribution is 0.476. The molecule has 182 valence electrons. The van der Waals surface area contributed by atoms with Crippen molar-refractivity contribution in [1.29, 1.82) is 0 Å². The molecular weight excluding hydrogens is 452 g/mol. The second kappa shape index (κ2) is 8.63. The standard InChI is InChI=1S/C34H30N2O/c1-22-18-33(35-21-30(22)24-10-13-26(14-11-24)34(2,3)4)36-31-17-12-25(23-8-6-5-7-9-23)19-29(31)28-16-15-27(37)20-32(28)36/h5-21,37H,1-4H3/i18D,21D. The molecule has 3 heteroatoms. The molecule has 2 heterocycles. The fourth-order valence-corrected chi connectivity index (χ4v) is 5.02. The zero-order valence-electron chi connectivity index (χ0n) is 23.5. The minimum atomic E-state index is 0.0303. The summed E-state index contributed by atoms with van der Waals surface area (Å²) in [6.45, 7) is 8.41. The second-order valence-corrected chi connectivity index (χ2v) is 10.6. The number of pyridine rings is 1. The fraction of sp³-hybridized carbons (Fsp3) is 0.147. The van der Waals surface area contributed by atoms with Crippen molar-refractivity contribution in [3.05, 3.63) is 114 Å². The molecule has 0 amide bonds. The third-order valence-corrected chi connectivity index (χ3v) is 7.06. The van der Waals surface area contributed by atoms with E-state index < -0.39 is 0 Å². The molecule has 6 aromatic rings. The first-order chi connectivity index (χ1) is 18.6. The molecule has 0 aliphatic carbocycles. The number of nitrogens with zero attached hydrogens (tertiary/aromatic N) is 2. The molecule has 0 spiro atoms. The molecule has 0 aliphatic heterocycles. The molecule has 6 rings (SSSR count). The van der Waals surface area contributed by atoms with Crippen molar-refractivity contribution in [2.45, 2.75) is 33.1 Å². The molecule has 0 atom stereocenters. The van der Waals surface area contributed by atoms with Gasteiger partial charge < -0.3 is 5.11 Å². The highest BCUT2D eigenvalue weighted by molar-refractivity contribution is 6.10. The normalized spacial score (nSPS) is 12.6. The molecule has 1 N–H and O–H groups in total. The van der Waals surface area contributed by atoms with Crippen LogP contribution in [-0.4, -0.2) is 14.7 Å². The predicted octanol–water partition coefficient (Wildman–Crippen LogP) is 8.82. The summed E-state index contributed by atoms with van der Waals surface area (Å²) in [5.41, 5.74) is 7.31. The summed E-state index contributed by atoms with van der Waals surface area (Å²) in [7, 11) is 0. The Bertz CT molecular complexity index is 1860. The summed E-state index contributed by atoms with van der Waals surface area (Å²) in [4.78, 5) is 4.69. The van der Waals surface area contributed by atoms with Gasteiger partial charge in [0.25, 0.3) is 0 Å². The van der Waals surface area contributed by atoms with Gasteiger partial charge in [0.05, 0.1) is 13.8 Å². The summed E-state index contributed by atoms with van der Waals surface area (Å²) in [6, 6.07) is 30.2. The Hall–Kier alpha value is -4.37. The number of phenolic OH excluding ortho intramolecular Hbond substituents is 1. The van der Waals surface area contributed by atoms with Crippen LogP contribution in [0.1, 0.15) is 34.6 Å². The molecule has 0 saturated heterocycles. The van der Waals surface area contributed by atoms with Crippen molar-refractivity contribution in [3.63, 3.8) is 0 Å². The van der Waals surface area contributed by atoms with Gasteiger partial charge in [-0.15, -0.1) is 0 Å².